The third kappa shape index (κ3) is 2.42. The third-order valence-electron chi connectivity index (χ3n) is 4.68. The van der Waals surface area contributed by atoms with Crippen LogP contribution in [0.4, 0.5) is 0 Å². The van der Waals surface area contributed by atoms with Crippen LogP contribution < -0.4 is 0 Å². The molecule has 0 saturated carbocycles. The number of hydrogen-bond donors (Lipinski definition) is 0. The number of hydrogen-bond acceptors (Lipinski definition) is 2. The summed E-state index contributed by atoms with van der Waals surface area (Å²) in [7, 11) is 0. The zero-order valence-corrected chi connectivity index (χ0v) is 12.7. The van der Waals surface area contributed by atoms with Crippen molar-refractivity contribution >= 4 is 17.5 Å². The van der Waals surface area contributed by atoms with Gasteiger partial charge in [0.15, 0.2) is 5.78 Å². The maximum absolute atomic E-state index is 12.7. The predicted octanol–water partition coefficient (Wildman–Crippen LogP) is 4.54. The Hall–Kier alpha value is -1.54. The molecular weight excluding hydrogens is 276 g/mol. The Bertz CT molecular complexity index is 666. The van der Waals surface area contributed by atoms with Crippen molar-refractivity contribution in [3.05, 3.63) is 65.2 Å². The van der Waals surface area contributed by atoms with Gasteiger partial charge >= 0.3 is 0 Å². The molecule has 106 valence electrons. The number of rotatable bonds is 2. The Morgan fingerprint density at radius 3 is 2.62 bits per heavy atom. The largest absolute Gasteiger partial charge is 0.294 e. The van der Waals surface area contributed by atoms with E-state index in [1.54, 1.807) is 0 Å². The molecule has 0 fully saturated rings. The van der Waals surface area contributed by atoms with Crippen LogP contribution in [-0.4, -0.2) is 11.0 Å². The molecule has 1 aliphatic carbocycles. The number of fused-ring (bicyclic) bond motifs is 2. The van der Waals surface area contributed by atoms with Gasteiger partial charge in [-0.1, -0.05) is 42.5 Å². The highest BCUT2D eigenvalue weighted by Gasteiger charge is 2.31. The predicted molar refractivity (Wildman–Crippen MR) is 87.0 cm³/mol. The minimum atomic E-state index is 0.215. The van der Waals surface area contributed by atoms with Crippen LogP contribution in [0, 0.1) is 5.92 Å². The smallest absolute Gasteiger partial charge is 0.166 e. The topological polar surface area (TPSA) is 17.1 Å². The summed E-state index contributed by atoms with van der Waals surface area (Å²) in [5, 5.41) is 0.571. The first kappa shape index (κ1) is 13.1. The zero-order chi connectivity index (χ0) is 14.2. The van der Waals surface area contributed by atoms with Gasteiger partial charge in [-0.05, 0) is 42.9 Å². The molecular formula is C19H18OS. The lowest BCUT2D eigenvalue weighted by atomic mass is 9.80. The molecule has 0 spiro atoms. The number of ketones is 1. The van der Waals surface area contributed by atoms with Crippen LogP contribution in [0.2, 0.25) is 0 Å². The van der Waals surface area contributed by atoms with Crippen molar-refractivity contribution < 1.29 is 4.79 Å². The van der Waals surface area contributed by atoms with E-state index in [2.05, 4.69) is 30.3 Å². The molecule has 0 saturated heterocycles. The van der Waals surface area contributed by atoms with E-state index >= 15 is 0 Å². The number of carbonyl (C=O) groups excluding carboxylic acids is 1. The summed E-state index contributed by atoms with van der Waals surface area (Å²) in [6.45, 7) is 0. The minimum Gasteiger partial charge on any atom is -0.294 e. The van der Waals surface area contributed by atoms with E-state index in [0.29, 0.717) is 11.0 Å². The fourth-order valence-electron chi connectivity index (χ4n) is 3.59. The molecule has 2 aromatic rings. The van der Waals surface area contributed by atoms with Gasteiger partial charge in [0, 0.05) is 21.6 Å². The second-order valence-corrected chi connectivity index (χ2v) is 7.39. The zero-order valence-electron chi connectivity index (χ0n) is 11.9. The van der Waals surface area contributed by atoms with Gasteiger partial charge in [-0.2, -0.15) is 0 Å². The molecule has 1 aliphatic heterocycles. The Morgan fingerprint density at radius 2 is 1.76 bits per heavy atom. The number of aryl methyl sites for hydroxylation is 1. The summed E-state index contributed by atoms with van der Waals surface area (Å²) in [5.74, 6) is 0.583. The molecule has 2 aromatic carbocycles. The van der Waals surface area contributed by atoms with Gasteiger partial charge in [0.1, 0.15) is 0 Å². The van der Waals surface area contributed by atoms with Crippen LogP contribution in [0.5, 0.6) is 0 Å². The highest BCUT2D eigenvalue weighted by Crippen LogP contribution is 2.41. The van der Waals surface area contributed by atoms with Gasteiger partial charge in [0.2, 0.25) is 0 Å². The first-order valence-electron chi connectivity index (χ1n) is 7.68. The van der Waals surface area contributed by atoms with Crippen molar-refractivity contribution in [3.8, 4) is 0 Å². The van der Waals surface area contributed by atoms with Crippen molar-refractivity contribution in [2.24, 2.45) is 5.92 Å². The van der Waals surface area contributed by atoms with Crippen LogP contribution >= 0.6 is 11.8 Å². The van der Waals surface area contributed by atoms with Crippen LogP contribution in [0.3, 0.4) is 0 Å². The van der Waals surface area contributed by atoms with E-state index in [0.717, 1.165) is 31.2 Å². The van der Waals surface area contributed by atoms with E-state index in [1.807, 2.05) is 30.0 Å². The van der Waals surface area contributed by atoms with Crippen LogP contribution in [-0.2, 0) is 12.8 Å². The number of carbonyl (C=O) groups is 1. The van der Waals surface area contributed by atoms with Gasteiger partial charge in [-0.3, -0.25) is 4.79 Å². The van der Waals surface area contributed by atoms with E-state index in [-0.39, 0.29) is 5.92 Å². The molecule has 0 radical (unpaired) electrons. The standard InChI is InChI=1S/C19H18OS/c20-19-15(10-9-13-5-1-3-7-17(13)19)12-16-11-14-6-2-4-8-18(14)21-16/h1-8,15-16H,9-12H2. The van der Waals surface area contributed by atoms with Crippen molar-refractivity contribution in [2.75, 3.05) is 0 Å². The van der Waals surface area contributed by atoms with Crippen molar-refractivity contribution in [1.29, 1.82) is 0 Å². The van der Waals surface area contributed by atoms with Gasteiger partial charge in [-0.25, -0.2) is 0 Å². The molecule has 2 heteroatoms. The van der Waals surface area contributed by atoms with Crippen LogP contribution in [0.1, 0.15) is 34.3 Å². The Labute approximate surface area is 129 Å². The monoisotopic (exact) mass is 294 g/mol. The van der Waals surface area contributed by atoms with Gasteiger partial charge in [0.25, 0.3) is 0 Å². The second kappa shape index (κ2) is 5.34. The summed E-state index contributed by atoms with van der Waals surface area (Å²) in [6, 6.07) is 16.8. The second-order valence-electron chi connectivity index (χ2n) is 6.04. The number of thioether (sulfide) groups is 1. The van der Waals surface area contributed by atoms with Crippen molar-refractivity contribution in [1.82, 2.24) is 0 Å². The fourth-order valence-corrected chi connectivity index (χ4v) is 5.00. The summed E-state index contributed by atoms with van der Waals surface area (Å²) in [4.78, 5) is 14.1. The average Bonchev–Trinajstić information content (AvgIpc) is 2.93. The molecule has 2 atom stereocenters. The minimum absolute atomic E-state index is 0.215. The third-order valence-corrected chi connectivity index (χ3v) is 6.02. The first-order valence-corrected chi connectivity index (χ1v) is 8.56. The molecule has 2 unspecified atom stereocenters. The van der Waals surface area contributed by atoms with Crippen LogP contribution in [0.15, 0.2) is 53.4 Å². The number of benzene rings is 2. The van der Waals surface area contributed by atoms with Gasteiger partial charge in [0.05, 0.1) is 0 Å². The van der Waals surface area contributed by atoms with Gasteiger partial charge in [-0.15, -0.1) is 11.8 Å². The molecule has 0 amide bonds. The van der Waals surface area contributed by atoms with E-state index in [1.165, 1.54) is 16.0 Å². The number of Topliss-reactive ketones (excluding diaryl/α,β-unsaturated/α-hetero) is 1. The molecule has 2 aliphatic rings. The van der Waals surface area contributed by atoms with Gasteiger partial charge < -0.3 is 0 Å². The quantitative estimate of drug-likeness (QED) is 0.809. The molecule has 4 rings (SSSR count). The first-order chi connectivity index (χ1) is 10.3. The van der Waals surface area contributed by atoms with Crippen molar-refractivity contribution in [2.45, 2.75) is 35.8 Å². The molecule has 0 N–H and O–H groups in total. The normalized spacial score (nSPS) is 23.7. The lowest BCUT2D eigenvalue weighted by Gasteiger charge is -2.25. The molecule has 1 heterocycles. The summed E-state index contributed by atoms with van der Waals surface area (Å²) >= 11 is 1.96. The lowest BCUT2D eigenvalue weighted by molar-refractivity contribution is 0.0894. The molecule has 0 bridgehead atoms. The summed E-state index contributed by atoms with van der Waals surface area (Å²) in [5.41, 5.74) is 3.66. The van der Waals surface area contributed by atoms with E-state index in [4.69, 9.17) is 0 Å². The molecule has 1 nitrogen and oxygen atoms in total. The average molecular weight is 294 g/mol. The van der Waals surface area contributed by atoms with E-state index < -0.39 is 0 Å². The SMILES string of the molecule is O=C1c2ccccc2CCC1CC1Cc2ccccc2S1. The fraction of sp³-hybridized carbons (Fsp3) is 0.316. The summed E-state index contributed by atoms with van der Waals surface area (Å²) < 4.78 is 0. The Kier molecular flexibility index (Phi) is 3.34. The van der Waals surface area contributed by atoms with Crippen molar-refractivity contribution in [3.63, 3.8) is 0 Å². The Balaban J connectivity index is 1.49. The van der Waals surface area contributed by atoms with E-state index in [9.17, 15) is 4.79 Å². The Morgan fingerprint density at radius 1 is 1.00 bits per heavy atom. The maximum Gasteiger partial charge on any atom is 0.166 e. The highest BCUT2D eigenvalue weighted by molar-refractivity contribution is 8.00. The van der Waals surface area contributed by atoms with Crippen LogP contribution in [0.25, 0.3) is 0 Å². The summed E-state index contributed by atoms with van der Waals surface area (Å²) in [6.07, 6.45) is 4.21. The lowest BCUT2D eigenvalue weighted by Crippen LogP contribution is -2.25. The highest BCUT2D eigenvalue weighted by atomic mass is 32.2. The molecule has 21 heavy (non-hydrogen) atoms. The molecule has 0 aromatic heterocycles. The maximum atomic E-state index is 12.7.